The highest BCUT2D eigenvalue weighted by molar-refractivity contribution is 6.95. The van der Waals surface area contributed by atoms with Gasteiger partial charge < -0.3 is 17.1 Å². The predicted molar refractivity (Wildman–Crippen MR) is 46.6 cm³/mol. The van der Waals surface area contributed by atoms with Crippen molar-refractivity contribution in [2.45, 2.75) is 26.3 Å². The van der Waals surface area contributed by atoms with Gasteiger partial charge in [-0.05, 0) is 13.3 Å². The van der Waals surface area contributed by atoms with E-state index < -0.39 is 0 Å². The van der Waals surface area contributed by atoms with E-state index in [1.165, 1.54) is 11.7 Å². The second-order valence-corrected chi connectivity index (χ2v) is 3.68. The maximum atomic E-state index is 11.4. The fraction of sp³-hybridized carbons (Fsp3) is 0.625. The van der Waals surface area contributed by atoms with Crippen LogP contribution >= 0.6 is 11.7 Å². The summed E-state index contributed by atoms with van der Waals surface area (Å²) in [6.45, 7) is 3.21. The number of hydrogen-bond donors (Lipinski definition) is 0. The van der Waals surface area contributed by atoms with Gasteiger partial charge in [-0.1, -0.05) is 0 Å². The highest BCUT2D eigenvalue weighted by Crippen LogP contribution is 2.13. The van der Waals surface area contributed by atoms with Gasteiger partial charge in [-0.2, -0.15) is 3.96 Å². The monoisotopic (exact) mass is 234 g/mol. The first-order chi connectivity index (χ1) is 6.33. The van der Waals surface area contributed by atoms with Crippen molar-refractivity contribution >= 4 is 17.7 Å². The normalized spacial score (nSPS) is 13.2. The third-order valence-electron chi connectivity index (χ3n) is 2.05. The Bertz CT molecular complexity index is 340. The molecule has 0 saturated carbocycles. The smallest absolute Gasteiger partial charge is 0.388 e. The molecule has 14 heavy (non-hydrogen) atoms. The molecule has 1 aromatic rings. The molecule has 1 aliphatic rings. The first kappa shape index (κ1) is 11.4. The molecule has 0 N–H and O–H groups in total. The summed E-state index contributed by atoms with van der Waals surface area (Å²) in [6.07, 6.45) is 2.06. The molecule has 78 valence electrons. The molecule has 2 rings (SSSR count). The molecular formula is C8H11ClN2O2S. The second kappa shape index (κ2) is 4.70. The molecule has 0 amide bonds. The fourth-order valence-corrected chi connectivity index (χ4v) is 2.32. The lowest BCUT2D eigenvalue weighted by Gasteiger charge is -1.93. The number of ether oxygens (including phenoxy) is 1. The van der Waals surface area contributed by atoms with E-state index in [9.17, 15) is 4.79 Å². The third-order valence-corrected chi connectivity index (χ3v) is 2.91. The molecule has 0 unspecified atom stereocenters. The predicted octanol–water partition coefficient (Wildman–Crippen LogP) is -2.44. The Balaban J connectivity index is 0.000000980. The molecule has 0 radical (unpaired) electrons. The molecule has 0 saturated heterocycles. The van der Waals surface area contributed by atoms with Gasteiger partial charge in [0.1, 0.15) is 6.54 Å². The van der Waals surface area contributed by atoms with E-state index >= 15 is 0 Å². The minimum absolute atomic E-state index is 0. The van der Waals surface area contributed by atoms with Gasteiger partial charge in [0.05, 0.1) is 6.61 Å². The topological polar surface area (TPSA) is 43.1 Å². The van der Waals surface area contributed by atoms with Gasteiger partial charge in [-0.3, -0.25) is 0 Å². The van der Waals surface area contributed by atoms with Gasteiger partial charge in [0.15, 0.2) is 5.69 Å². The number of carbonyl (C=O) groups excluding carboxylic acids is 1. The summed E-state index contributed by atoms with van der Waals surface area (Å²) in [5.74, 6) is -0.283. The number of rotatable bonds is 2. The van der Waals surface area contributed by atoms with E-state index in [0.29, 0.717) is 12.3 Å². The molecule has 2 heterocycles. The van der Waals surface area contributed by atoms with Crippen molar-refractivity contribution in [3.63, 3.8) is 0 Å². The van der Waals surface area contributed by atoms with Crippen LogP contribution in [0.3, 0.4) is 0 Å². The van der Waals surface area contributed by atoms with E-state index in [1.54, 1.807) is 6.92 Å². The van der Waals surface area contributed by atoms with E-state index in [4.69, 9.17) is 4.74 Å². The highest BCUT2D eigenvalue weighted by Gasteiger charge is 2.32. The summed E-state index contributed by atoms with van der Waals surface area (Å²) < 4.78 is 11.1. The molecule has 0 atom stereocenters. The number of aromatic nitrogens is 2. The Morgan fingerprint density at radius 3 is 3.21 bits per heavy atom. The minimum Gasteiger partial charge on any atom is -1.00 e. The average molecular weight is 235 g/mol. The Morgan fingerprint density at radius 1 is 1.71 bits per heavy atom. The van der Waals surface area contributed by atoms with Crippen LogP contribution in [0.1, 0.15) is 29.5 Å². The van der Waals surface area contributed by atoms with E-state index in [2.05, 4.69) is 8.33 Å². The van der Waals surface area contributed by atoms with Crippen LogP contribution in [0.5, 0.6) is 0 Å². The lowest BCUT2D eigenvalue weighted by molar-refractivity contribution is -0.622. The van der Waals surface area contributed by atoms with Crippen LogP contribution in [-0.2, 0) is 17.7 Å². The Kier molecular flexibility index (Phi) is 3.83. The molecular weight excluding hydrogens is 224 g/mol. The van der Waals surface area contributed by atoms with Crippen LogP contribution in [-0.4, -0.2) is 16.9 Å². The summed E-state index contributed by atoms with van der Waals surface area (Å²) in [5, 5.41) is 0. The zero-order valence-corrected chi connectivity index (χ0v) is 9.40. The zero-order valence-electron chi connectivity index (χ0n) is 7.83. The van der Waals surface area contributed by atoms with Crippen LogP contribution in [0, 0.1) is 0 Å². The number of hydrogen-bond acceptors (Lipinski definition) is 4. The number of esters is 1. The number of carbonyl (C=O) groups is 1. The van der Waals surface area contributed by atoms with Crippen molar-refractivity contribution in [2.24, 2.45) is 0 Å². The molecule has 1 aromatic heterocycles. The average Bonchev–Trinajstić information content (AvgIpc) is 2.62. The van der Waals surface area contributed by atoms with Crippen molar-refractivity contribution in [3.8, 4) is 0 Å². The summed E-state index contributed by atoms with van der Waals surface area (Å²) in [7, 11) is 0. The van der Waals surface area contributed by atoms with Crippen molar-refractivity contribution < 1.29 is 25.9 Å². The Hall–Kier alpha value is -0.680. The molecule has 6 heteroatoms. The van der Waals surface area contributed by atoms with Gasteiger partial charge >= 0.3 is 11.7 Å². The largest absolute Gasteiger partial charge is 1.00 e. The molecule has 0 spiro atoms. The first-order valence-corrected chi connectivity index (χ1v) is 5.12. The lowest BCUT2D eigenvalue weighted by Crippen LogP contribution is -3.00. The molecule has 4 nitrogen and oxygen atoms in total. The highest BCUT2D eigenvalue weighted by atomic mass is 35.5. The van der Waals surface area contributed by atoms with Crippen molar-refractivity contribution in [1.29, 1.82) is 0 Å². The van der Waals surface area contributed by atoms with E-state index in [-0.39, 0.29) is 18.4 Å². The molecule has 0 aliphatic carbocycles. The number of aryl methyl sites for hydroxylation is 1. The minimum atomic E-state index is -0.283. The summed E-state index contributed by atoms with van der Waals surface area (Å²) in [4.78, 5) is 11.4. The van der Waals surface area contributed by atoms with Crippen molar-refractivity contribution in [1.82, 2.24) is 4.37 Å². The zero-order chi connectivity index (χ0) is 9.26. The van der Waals surface area contributed by atoms with Crippen LogP contribution < -0.4 is 16.4 Å². The Morgan fingerprint density at radius 2 is 2.50 bits per heavy atom. The van der Waals surface area contributed by atoms with Crippen LogP contribution in [0.2, 0.25) is 0 Å². The summed E-state index contributed by atoms with van der Waals surface area (Å²) >= 11 is 1.36. The van der Waals surface area contributed by atoms with Crippen LogP contribution in [0.15, 0.2) is 0 Å². The molecule has 1 aliphatic heterocycles. The molecule has 0 aromatic carbocycles. The van der Waals surface area contributed by atoms with Crippen molar-refractivity contribution in [2.75, 3.05) is 6.61 Å². The van der Waals surface area contributed by atoms with E-state index in [1.807, 2.05) is 0 Å². The quantitative estimate of drug-likeness (QED) is 0.422. The number of nitrogens with zero attached hydrogens (tertiary/aromatic N) is 2. The van der Waals surface area contributed by atoms with Gasteiger partial charge in [0, 0.05) is 10.8 Å². The maximum Gasteiger partial charge on any atom is 0.388 e. The second-order valence-electron chi connectivity index (χ2n) is 2.89. The van der Waals surface area contributed by atoms with Gasteiger partial charge in [0.25, 0.3) is 11.7 Å². The van der Waals surface area contributed by atoms with Crippen LogP contribution in [0.4, 0.5) is 0 Å². The number of halogens is 1. The fourth-order valence-electron chi connectivity index (χ4n) is 1.47. The van der Waals surface area contributed by atoms with Gasteiger partial charge in [-0.25, -0.2) is 4.79 Å². The van der Waals surface area contributed by atoms with Gasteiger partial charge in [0.2, 0.25) is 0 Å². The number of fused-ring (bicyclic) bond motifs is 1. The van der Waals surface area contributed by atoms with E-state index in [0.717, 1.165) is 25.1 Å². The third kappa shape index (κ3) is 1.88. The summed E-state index contributed by atoms with van der Waals surface area (Å²) in [6, 6.07) is 0. The lowest BCUT2D eigenvalue weighted by atomic mass is 10.2. The molecule has 0 bridgehead atoms. The van der Waals surface area contributed by atoms with Gasteiger partial charge in [-0.15, -0.1) is 0 Å². The summed E-state index contributed by atoms with van der Waals surface area (Å²) in [5.41, 5.74) is 1.56. The standard InChI is InChI=1S/C8H11N2O2S.ClH/c1-2-12-8(11)7-6-4-3-5-10(6)13-9-7;/h2-5H2,1H3;1H/q+1;/p-1. The Labute approximate surface area is 92.6 Å². The SMILES string of the molecule is CCOC(=O)c1ns[n+]2c1CCC2.[Cl-]. The first-order valence-electron chi connectivity index (χ1n) is 4.39. The maximum absolute atomic E-state index is 11.4. The van der Waals surface area contributed by atoms with Crippen molar-refractivity contribution in [3.05, 3.63) is 11.4 Å². The van der Waals surface area contributed by atoms with Crippen LogP contribution in [0.25, 0.3) is 0 Å². The molecule has 0 fully saturated rings.